The smallest absolute Gasteiger partial charge is 0.253 e. The predicted octanol–water partition coefficient (Wildman–Crippen LogP) is 2.91. The maximum absolute atomic E-state index is 12.5. The molecule has 0 heterocycles. The predicted molar refractivity (Wildman–Crippen MR) is 129 cm³/mol. The van der Waals surface area contributed by atoms with Gasteiger partial charge in [0.15, 0.2) is 0 Å². The molecule has 2 N–H and O–H groups in total. The summed E-state index contributed by atoms with van der Waals surface area (Å²) in [6, 6.07) is 11.3. The summed E-state index contributed by atoms with van der Waals surface area (Å²) in [5.74, 6) is -0.242. The number of benzene rings is 2. The third kappa shape index (κ3) is 7.92. The van der Waals surface area contributed by atoms with Crippen LogP contribution in [0.1, 0.15) is 23.2 Å². The molecule has 180 valence electrons. The summed E-state index contributed by atoms with van der Waals surface area (Å²) in [4.78, 5) is 24.8. The van der Waals surface area contributed by atoms with Gasteiger partial charge < -0.3 is 20.1 Å². The Bertz CT molecular complexity index is 1080. The number of anilines is 2. The summed E-state index contributed by atoms with van der Waals surface area (Å²) >= 11 is 6.13. The second-order valence-corrected chi connectivity index (χ2v) is 9.41. The third-order valence-electron chi connectivity index (χ3n) is 4.63. The van der Waals surface area contributed by atoms with Crippen molar-refractivity contribution >= 4 is 44.8 Å². The number of sulfonamides is 1. The van der Waals surface area contributed by atoms with Gasteiger partial charge in [-0.3, -0.25) is 13.9 Å². The van der Waals surface area contributed by atoms with E-state index in [1.54, 1.807) is 36.4 Å². The number of nitrogens with zero attached hydrogens (tertiary/aromatic N) is 1. The molecule has 0 spiro atoms. The summed E-state index contributed by atoms with van der Waals surface area (Å²) < 4.78 is 35.8. The van der Waals surface area contributed by atoms with Gasteiger partial charge in [0, 0.05) is 26.6 Å². The zero-order valence-corrected chi connectivity index (χ0v) is 20.3. The quantitative estimate of drug-likeness (QED) is 0.436. The van der Waals surface area contributed by atoms with Gasteiger partial charge in [-0.2, -0.15) is 0 Å². The number of rotatable bonds is 12. The van der Waals surface area contributed by atoms with Gasteiger partial charge in [-0.1, -0.05) is 23.7 Å². The van der Waals surface area contributed by atoms with E-state index in [1.165, 1.54) is 24.6 Å². The van der Waals surface area contributed by atoms with Crippen LogP contribution in [0.3, 0.4) is 0 Å². The van der Waals surface area contributed by atoms with Crippen LogP contribution in [-0.2, 0) is 19.6 Å². The van der Waals surface area contributed by atoms with Gasteiger partial charge in [0.2, 0.25) is 15.9 Å². The minimum Gasteiger partial charge on any atom is -0.495 e. The summed E-state index contributed by atoms with van der Waals surface area (Å²) in [6.07, 6.45) is 1.39. The van der Waals surface area contributed by atoms with Gasteiger partial charge in [-0.25, -0.2) is 8.42 Å². The Morgan fingerprint density at radius 1 is 1.12 bits per heavy atom. The molecule has 0 aliphatic rings. The van der Waals surface area contributed by atoms with Crippen molar-refractivity contribution in [3.05, 3.63) is 53.1 Å². The largest absolute Gasteiger partial charge is 0.495 e. The van der Waals surface area contributed by atoms with Gasteiger partial charge in [0.1, 0.15) is 5.75 Å². The van der Waals surface area contributed by atoms with Gasteiger partial charge >= 0.3 is 0 Å². The second kappa shape index (κ2) is 12.4. The molecule has 0 saturated heterocycles. The number of hydrogen-bond donors (Lipinski definition) is 2. The van der Waals surface area contributed by atoms with Gasteiger partial charge in [-0.05, 0) is 36.8 Å². The highest BCUT2D eigenvalue weighted by Crippen LogP contribution is 2.30. The Balaban J connectivity index is 2.01. The number of halogens is 1. The van der Waals surface area contributed by atoms with Crippen LogP contribution < -0.4 is 19.7 Å². The van der Waals surface area contributed by atoms with E-state index in [-0.39, 0.29) is 36.2 Å². The van der Waals surface area contributed by atoms with E-state index < -0.39 is 10.0 Å². The summed E-state index contributed by atoms with van der Waals surface area (Å²) in [5.41, 5.74) is 1.08. The number of ether oxygens (including phenoxy) is 2. The normalized spacial score (nSPS) is 11.0. The van der Waals surface area contributed by atoms with E-state index >= 15 is 0 Å². The number of carbonyl (C=O) groups is 2. The summed E-state index contributed by atoms with van der Waals surface area (Å²) in [7, 11) is -0.598. The lowest BCUT2D eigenvalue weighted by Crippen LogP contribution is -2.31. The lowest BCUT2D eigenvalue weighted by molar-refractivity contribution is -0.116. The van der Waals surface area contributed by atoms with Gasteiger partial charge in [-0.15, -0.1) is 0 Å². The zero-order valence-electron chi connectivity index (χ0n) is 18.8. The van der Waals surface area contributed by atoms with Crippen molar-refractivity contribution < 1.29 is 27.5 Å². The van der Waals surface area contributed by atoms with Crippen LogP contribution in [0.5, 0.6) is 5.75 Å². The van der Waals surface area contributed by atoms with Crippen LogP contribution in [0.2, 0.25) is 5.02 Å². The van der Waals surface area contributed by atoms with Crippen LogP contribution in [0.15, 0.2) is 42.5 Å². The second-order valence-electron chi connectivity index (χ2n) is 7.10. The number of nitrogens with one attached hydrogen (secondary N) is 2. The number of amides is 2. The Morgan fingerprint density at radius 3 is 2.48 bits per heavy atom. The molecule has 0 radical (unpaired) electrons. The van der Waals surface area contributed by atoms with Crippen LogP contribution in [-0.4, -0.2) is 60.4 Å². The molecule has 0 unspecified atom stereocenters. The van der Waals surface area contributed by atoms with Crippen molar-refractivity contribution in [2.24, 2.45) is 0 Å². The first kappa shape index (κ1) is 26.4. The van der Waals surface area contributed by atoms with E-state index in [2.05, 4.69) is 10.6 Å². The molecule has 2 aromatic rings. The monoisotopic (exact) mass is 497 g/mol. The Labute approximate surface area is 199 Å². The van der Waals surface area contributed by atoms with E-state index in [4.69, 9.17) is 21.1 Å². The van der Waals surface area contributed by atoms with E-state index in [1.807, 2.05) is 0 Å². The first-order chi connectivity index (χ1) is 15.7. The maximum Gasteiger partial charge on any atom is 0.253 e. The minimum absolute atomic E-state index is 0.0511. The van der Waals surface area contributed by atoms with Crippen LogP contribution >= 0.6 is 11.6 Å². The van der Waals surface area contributed by atoms with Crippen molar-refractivity contribution in [2.75, 3.05) is 49.8 Å². The fourth-order valence-electron chi connectivity index (χ4n) is 3.04. The lowest BCUT2D eigenvalue weighted by Gasteiger charge is -2.23. The standard InChI is InChI=1S/C22H28ClN3O6S/c1-31-14-12-24-22(28)17-7-4-5-8-19(17)25-21(27)9-6-13-26(33(3,29)30)16-10-11-20(32-2)18(23)15-16/h4-5,7-8,10-11,15H,6,9,12-14H2,1-3H3,(H,24,28)(H,25,27). The first-order valence-electron chi connectivity index (χ1n) is 10.1. The van der Waals surface area contributed by atoms with Crippen molar-refractivity contribution in [1.82, 2.24) is 5.32 Å². The molecule has 0 aromatic heterocycles. The maximum atomic E-state index is 12.5. The Morgan fingerprint density at radius 2 is 1.85 bits per heavy atom. The lowest BCUT2D eigenvalue weighted by atomic mass is 10.1. The third-order valence-corrected chi connectivity index (χ3v) is 6.12. The van der Waals surface area contributed by atoms with Crippen molar-refractivity contribution in [3.8, 4) is 5.75 Å². The topological polar surface area (TPSA) is 114 Å². The van der Waals surface area contributed by atoms with Crippen molar-refractivity contribution in [1.29, 1.82) is 0 Å². The molecule has 2 amide bonds. The molecular formula is C22H28ClN3O6S. The Hall–Kier alpha value is -2.82. The molecule has 0 aliphatic heterocycles. The highest BCUT2D eigenvalue weighted by Gasteiger charge is 2.19. The molecule has 0 bridgehead atoms. The van der Waals surface area contributed by atoms with Gasteiger partial charge in [0.25, 0.3) is 5.91 Å². The number of carbonyl (C=O) groups excluding carboxylic acids is 2. The van der Waals surface area contributed by atoms with E-state index in [0.29, 0.717) is 35.8 Å². The average Bonchev–Trinajstić information content (AvgIpc) is 2.76. The van der Waals surface area contributed by atoms with Crippen molar-refractivity contribution in [2.45, 2.75) is 12.8 Å². The SMILES string of the molecule is COCCNC(=O)c1ccccc1NC(=O)CCCN(c1ccc(OC)c(Cl)c1)S(C)(=O)=O. The molecular weight excluding hydrogens is 470 g/mol. The first-order valence-corrected chi connectivity index (χ1v) is 12.4. The zero-order chi connectivity index (χ0) is 24.4. The minimum atomic E-state index is -3.60. The van der Waals surface area contributed by atoms with E-state index in [9.17, 15) is 18.0 Å². The molecule has 33 heavy (non-hydrogen) atoms. The number of para-hydroxylation sites is 1. The van der Waals surface area contributed by atoms with E-state index in [0.717, 1.165) is 6.26 Å². The average molecular weight is 498 g/mol. The fourth-order valence-corrected chi connectivity index (χ4v) is 4.25. The molecule has 11 heteroatoms. The molecule has 0 saturated carbocycles. The summed E-state index contributed by atoms with van der Waals surface area (Å²) in [5, 5.41) is 5.71. The highest BCUT2D eigenvalue weighted by molar-refractivity contribution is 7.92. The Kier molecular flexibility index (Phi) is 9.95. The molecule has 2 rings (SSSR count). The van der Waals surface area contributed by atoms with Crippen LogP contribution in [0.25, 0.3) is 0 Å². The van der Waals surface area contributed by atoms with Crippen LogP contribution in [0.4, 0.5) is 11.4 Å². The van der Waals surface area contributed by atoms with Gasteiger partial charge in [0.05, 0.1) is 41.9 Å². The van der Waals surface area contributed by atoms with Crippen LogP contribution in [0, 0.1) is 0 Å². The molecule has 9 nitrogen and oxygen atoms in total. The molecule has 0 fully saturated rings. The number of methoxy groups -OCH3 is 2. The fraction of sp³-hybridized carbons (Fsp3) is 0.364. The van der Waals surface area contributed by atoms with Crippen molar-refractivity contribution in [3.63, 3.8) is 0 Å². The summed E-state index contributed by atoms with van der Waals surface area (Å²) in [6.45, 7) is 0.791. The highest BCUT2D eigenvalue weighted by atomic mass is 35.5. The number of hydrogen-bond acceptors (Lipinski definition) is 6. The molecule has 0 atom stereocenters. The molecule has 0 aliphatic carbocycles. The molecule has 2 aromatic carbocycles.